The van der Waals surface area contributed by atoms with Gasteiger partial charge in [-0.2, -0.15) is 0 Å². The first kappa shape index (κ1) is 10.5. The lowest BCUT2D eigenvalue weighted by Crippen LogP contribution is -2.34. The zero-order valence-corrected chi connectivity index (χ0v) is 9.35. The fraction of sp³-hybridized carbons (Fsp3) is 1.00. The van der Waals surface area contributed by atoms with E-state index in [4.69, 9.17) is 4.74 Å². The van der Waals surface area contributed by atoms with Gasteiger partial charge in [0.05, 0.1) is 0 Å². The van der Waals surface area contributed by atoms with E-state index in [0.717, 1.165) is 11.4 Å². The number of hydrogen-bond donors (Lipinski definition) is 0. The van der Waals surface area contributed by atoms with Crippen molar-refractivity contribution < 1.29 is 4.74 Å². The van der Waals surface area contributed by atoms with Crippen LogP contribution in [0.3, 0.4) is 0 Å². The summed E-state index contributed by atoms with van der Waals surface area (Å²) in [5.41, 5.74) is 0. The molecule has 1 rings (SSSR count). The molecule has 1 fully saturated rings. The molecule has 1 aliphatic heterocycles. The number of rotatable bonds is 4. The van der Waals surface area contributed by atoms with E-state index in [9.17, 15) is 0 Å². The molecule has 1 heterocycles. The molecule has 0 atom stereocenters. The second kappa shape index (κ2) is 5.95. The van der Waals surface area contributed by atoms with Gasteiger partial charge < -0.3 is 9.64 Å². The van der Waals surface area contributed by atoms with Crippen LogP contribution in [0, 0.1) is 0 Å². The number of likely N-dealkylation sites (tertiary alicyclic amines) is 1. The molecule has 72 valence electrons. The van der Waals surface area contributed by atoms with Gasteiger partial charge >= 0.3 is 0 Å². The van der Waals surface area contributed by atoms with Crippen LogP contribution in [0.4, 0.5) is 0 Å². The minimum Gasteiger partial charge on any atom is -0.385 e. The van der Waals surface area contributed by atoms with E-state index in [2.05, 4.69) is 20.8 Å². The van der Waals surface area contributed by atoms with E-state index in [1.807, 2.05) is 0 Å². The molecule has 2 nitrogen and oxygen atoms in total. The highest BCUT2D eigenvalue weighted by Gasteiger charge is 2.15. The third-order valence-electron chi connectivity index (χ3n) is 2.34. The van der Waals surface area contributed by atoms with Gasteiger partial charge in [0, 0.05) is 25.1 Å². The van der Waals surface area contributed by atoms with Gasteiger partial charge in [0.15, 0.2) is 0 Å². The molecule has 0 aromatic heterocycles. The van der Waals surface area contributed by atoms with Crippen molar-refractivity contribution in [3.8, 4) is 0 Å². The molecule has 0 saturated carbocycles. The van der Waals surface area contributed by atoms with Crippen LogP contribution in [0.5, 0.6) is 0 Å². The quantitative estimate of drug-likeness (QED) is 0.546. The summed E-state index contributed by atoms with van der Waals surface area (Å²) in [7, 11) is 1.77. The van der Waals surface area contributed by atoms with Gasteiger partial charge in [0.2, 0.25) is 0 Å². The number of nitrogens with zero attached hydrogens (tertiary/aromatic N) is 1. The highest BCUT2D eigenvalue weighted by Crippen LogP contribution is 2.17. The predicted molar refractivity (Wildman–Crippen MR) is 54.9 cm³/mol. The van der Waals surface area contributed by atoms with Crippen LogP contribution in [0.15, 0.2) is 0 Å². The summed E-state index contributed by atoms with van der Waals surface area (Å²) in [4.78, 5) is 3.28. The minimum absolute atomic E-state index is 0.760. The topological polar surface area (TPSA) is 12.5 Å². The van der Waals surface area contributed by atoms with E-state index >= 15 is 0 Å². The van der Waals surface area contributed by atoms with Crippen LogP contribution in [0.25, 0.3) is 0 Å². The maximum absolute atomic E-state index is 5.02. The number of alkyl halides is 1. The molecular weight excluding hydrogens is 218 g/mol. The van der Waals surface area contributed by atoms with Crippen molar-refractivity contribution >= 4 is 15.9 Å². The predicted octanol–water partition coefficient (Wildman–Crippen LogP) is 1.88. The van der Waals surface area contributed by atoms with E-state index in [-0.39, 0.29) is 0 Å². The number of methoxy groups -OCH3 is 1. The van der Waals surface area contributed by atoms with Gasteiger partial charge in [-0.25, -0.2) is 0 Å². The van der Waals surface area contributed by atoms with Crippen LogP contribution >= 0.6 is 15.9 Å². The van der Waals surface area contributed by atoms with Crippen molar-refractivity contribution in [1.29, 1.82) is 0 Å². The highest BCUT2D eigenvalue weighted by molar-refractivity contribution is 9.09. The van der Waals surface area contributed by atoms with Gasteiger partial charge in [-0.3, -0.25) is 0 Å². The van der Waals surface area contributed by atoms with E-state index in [1.165, 1.54) is 38.9 Å². The standard InChI is InChI=1S/C9H18BrNO/c1-12-8-2-5-11-6-3-9(10)4-7-11/h9H,2-8H2,1H3. The fourth-order valence-corrected chi connectivity index (χ4v) is 1.97. The summed E-state index contributed by atoms with van der Waals surface area (Å²) < 4.78 is 5.02. The monoisotopic (exact) mass is 235 g/mol. The van der Waals surface area contributed by atoms with Crippen LogP contribution in [0.1, 0.15) is 19.3 Å². The van der Waals surface area contributed by atoms with Gasteiger partial charge in [-0.05, 0) is 32.4 Å². The lowest BCUT2D eigenvalue weighted by atomic mass is 10.1. The van der Waals surface area contributed by atoms with Crippen molar-refractivity contribution in [3.05, 3.63) is 0 Å². The van der Waals surface area contributed by atoms with Gasteiger partial charge in [-0.1, -0.05) is 15.9 Å². The van der Waals surface area contributed by atoms with E-state index in [0.29, 0.717) is 0 Å². The largest absolute Gasteiger partial charge is 0.385 e. The highest BCUT2D eigenvalue weighted by atomic mass is 79.9. The molecule has 1 saturated heterocycles. The van der Waals surface area contributed by atoms with Crippen molar-refractivity contribution in [1.82, 2.24) is 4.90 Å². The Kier molecular flexibility index (Phi) is 5.19. The molecule has 0 N–H and O–H groups in total. The van der Waals surface area contributed by atoms with Gasteiger partial charge in [-0.15, -0.1) is 0 Å². The molecule has 0 spiro atoms. The third kappa shape index (κ3) is 3.87. The molecular formula is C9H18BrNO. The second-order valence-electron chi connectivity index (χ2n) is 3.36. The normalized spacial score (nSPS) is 21.5. The fourth-order valence-electron chi connectivity index (χ4n) is 1.56. The number of piperidine rings is 1. The zero-order valence-electron chi connectivity index (χ0n) is 7.76. The molecule has 0 amide bonds. The maximum atomic E-state index is 5.02. The second-order valence-corrected chi connectivity index (χ2v) is 4.66. The number of halogens is 1. The van der Waals surface area contributed by atoms with Crippen molar-refractivity contribution in [2.75, 3.05) is 33.4 Å². The van der Waals surface area contributed by atoms with E-state index in [1.54, 1.807) is 7.11 Å². The Bertz CT molecular complexity index is 113. The first-order chi connectivity index (χ1) is 5.83. The van der Waals surface area contributed by atoms with Crippen molar-refractivity contribution in [2.45, 2.75) is 24.1 Å². The van der Waals surface area contributed by atoms with Crippen LogP contribution in [0.2, 0.25) is 0 Å². The van der Waals surface area contributed by atoms with Gasteiger partial charge in [0.25, 0.3) is 0 Å². The first-order valence-electron chi connectivity index (χ1n) is 4.68. The summed E-state index contributed by atoms with van der Waals surface area (Å²) in [6.45, 7) is 4.60. The van der Waals surface area contributed by atoms with E-state index < -0.39 is 0 Å². The average molecular weight is 236 g/mol. The smallest absolute Gasteiger partial charge is 0.0474 e. The van der Waals surface area contributed by atoms with Crippen LogP contribution < -0.4 is 0 Å². The molecule has 0 aliphatic carbocycles. The molecule has 0 unspecified atom stereocenters. The summed E-state index contributed by atoms with van der Waals surface area (Å²) >= 11 is 3.65. The summed E-state index contributed by atoms with van der Waals surface area (Å²) in [5.74, 6) is 0. The number of hydrogen-bond acceptors (Lipinski definition) is 2. The zero-order chi connectivity index (χ0) is 8.81. The summed E-state index contributed by atoms with van der Waals surface area (Å²) in [6.07, 6.45) is 3.77. The van der Waals surface area contributed by atoms with Crippen LogP contribution in [-0.2, 0) is 4.74 Å². The molecule has 0 bridgehead atoms. The summed E-state index contributed by atoms with van der Waals surface area (Å²) in [5, 5.41) is 0. The molecule has 12 heavy (non-hydrogen) atoms. The Morgan fingerprint density at radius 1 is 1.42 bits per heavy atom. The third-order valence-corrected chi connectivity index (χ3v) is 3.26. The number of ether oxygens (including phenoxy) is 1. The minimum atomic E-state index is 0.760. The average Bonchev–Trinajstić information content (AvgIpc) is 2.09. The van der Waals surface area contributed by atoms with Crippen molar-refractivity contribution in [2.24, 2.45) is 0 Å². The van der Waals surface area contributed by atoms with Crippen molar-refractivity contribution in [3.63, 3.8) is 0 Å². The Morgan fingerprint density at radius 2 is 2.08 bits per heavy atom. The Hall–Kier alpha value is 0.400. The molecule has 0 radical (unpaired) electrons. The van der Waals surface area contributed by atoms with Gasteiger partial charge in [0.1, 0.15) is 0 Å². The Labute approximate surface area is 83.4 Å². The molecule has 0 aromatic rings. The lowest BCUT2D eigenvalue weighted by Gasteiger charge is -2.29. The maximum Gasteiger partial charge on any atom is 0.0474 e. The Morgan fingerprint density at radius 3 is 2.67 bits per heavy atom. The molecule has 0 aromatic carbocycles. The Balaban J connectivity index is 2.01. The SMILES string of the molecule is COCCCN1CCC(Br)CC1. The molecule has 3 heteroatoms. The molecule has 1 aliphatic rings. The van der Waals surface area contributed by atoms with Crippen LogP contribution in [-0.4, -0.2) is 43.1 Å². The lowest BCUT2D eigenvalue weighted by molar-refractivity contribution is 0.163. The summed E-state index contributed by atoms with van der Waals surface area (Å²) in [6, 6.07) is 0. The first-order valence-corrected chi connectivity index (χ1v) is 5.60.